The van der Waals surface area contributed by atoms with E-state index in [1.54, 1.807) is 18.2 Å². The van der Waals surface area contributed by atoms with E-state index in [4.69, 9.17) is 0 Å². The number of fused-ring (bicyclic) bond motifs is 1. The molecule has 0 spiro atoms. The SMILES string of the molecule is O=S1(=O)NC(=NCc2ccc(N3CCCC3)nc2)c2ccccc21. The molecule has 1 aromatic carbocycles. The molecule has 0 amide bonds. The van der Waals surface area contributed by atoms with Crippen molar-refractivity contribution in [3.05, 3.63) is 53.7 Å². The van der Waals surface area contributed by atoms with Crippen LogP contribution >= 0.6 is 0 Å². The van der Waals surface area contributed by atoms with Crippen molar-refractivity contribution in [1.82, 2.24) is 9.71 Å². The fourth-order valence-corrected chi connectivity index (χ4v) is 4.32. The lowest BCUT2D eigenvalue weighted by Gasteiger charge is -2.15. The summed E-state index contributed by atoms with van der Waals surface area (Å²) >= 11 is 0. The fourth-order valence-electron chi connectivity index (χ4n) is 3.07. The number of nitrogens with zero attached hydrogens (tertiary/aromatic N) is 3. The van der Waals surface area contributed by atoms with Gasteiger partial charge in [0.1, 0.15) is 11.7 Å². The molecule has 2 aliphatic rings. The van der Waals surface area contributed by atoms with Crippen LogP contribution < -0.4 is 9.62 Å². The largest absolute Gasteiger partial charge is 0.357 e. The molecule has 1 saturated heterocycles. The van der Waals surface area contributed by atoms with Gasteiger partial charge in [0.2, 0.25) is 0 Å². The molecule has 4 rings (SSSR count). The second-order valence-corrected chi connectivity index (χ2v) is 7.64. The Kier molecular flexibility index (Phi) is 3.72. The monoisotopic (exact) mass is 342 g/mol. The fraction of sp³-hybridized carbons (Fsp3) is 0.294. The average molecular weight is 342 g/mol. The van der Waals surface area contributed by atoms with Gasteiger partial charge in [-0.15, -0.1) is 0 Å². The molecule has 0 atom stereocenters. The molecule has 0 unspecified atom stereocenters. The summed E-state index contributed by atoms with van der Waals surface area (Å²) in [5.41, 5.74) is 1.58. The van der Waals surface area contributed by atoms with Crippen LogP contribution in [0.4, 0.5) is 5.82 Å². The summed E-state index contributed by atoms with van der Waals surface area (Å²) in [5, 5.41) is 0. The number of aromatic nitrogens is 1. The predicted octanol–water partition coefficient (Wildman–Crippen LogP) is 1.92. The van der Waals surface area contributed by atoms with E-state index in [-0.39, 0.29) is 4.90 Å². The van der Waals surface area contributed by atoms with Gasteiger partial charge >= 0.3 is 0 Å². The molecule has 1 aromatic heterocycles. The summed E-state index contributed by atoms with van der Waals surface area (Å²) in [6, 6.07) is 10.9. The quantitative estimate of drug-likeness (QED) is 0.925. The van der Waals surface area contributed by atoms with Gasteiger partial charge in [-0.3, -0.25) is 9.71 Å². The zero-order chi connectivity index (χ0) is 16.6. The van der Waals surface area contributed by atoms with E-state index in [9.17, 15) is 8.42 Å². The number of sulfonamides is 1. The number of hydrogen-bond donors (Lipinski definition) is 1. The highest BCUT2D eigenvalue weighted by Gasteiger charge is 2.29. The van der Waals surface area contributed by atoms with Crippen molar-refractivity contribution in [2.45, 2.75) is 24.3 Å². The van der Waals surface area contributed by atoms with Crippen molar-refractivity contribution in [3.63, 3.8) is 0 Å². The Balaban J connectivity index is 1.53. The number of hydrogen-bond acceptors (Lipinski definition) is 5. The minimum absolute atomic E-state index is 0.284. The van der Waals surface area contributed by atoms with Gasteiger partial charge in [-0.25, -0.2) is 13.4 Å². The van der Waals surface area contributed by atoms with Gasteiger partial charge in [-0.05, 0) is 36.6 Å². The number of amidine groups is 1. The zero-order valence-electron chi connectivity index (χ0n) is 13.1. The maximum Gasteiger partial charge on any atom is 0.263 e. The molecular formula is C17H18N4O2S. The van der Waals surface area contributed by atoms with Gasteiger partial charge in [0, 0.05) is 24.8 Å². The van der Waals surface area contributed by atoms with Gasteiger partial charge in [0.05, 0.1) is 11.4 Å². The molecule has 0 saturated carbocycles. The molecule has 7 heteroatoms. The van der Waals surface area contributed by atoms with E-state index in [0.717, 1.165) is 24.5 Å². The van der Waals surface area contributed by atoms with Crippen LogP contribution in [0.15, 0.2) is 52.5 Å². The van der Waals surface area contributed by atoms with Gasteiger partial charge in [0.15, 0.2) is 0 Å². The van der Waals surface area contributed by atoms with Crippen LogP contribution in [0.1, 0.15) is 24.0 Å². The van der Waals surface area contributed by atoms with Gasteiger partial charge in [-0.2, -0.15) is 0 Å². The maximum absolute atomic E-state index is 12.1. The van der Waals surface area contributed by atoms with E-state index in [0.29, 0.717) is 17.9 Å². The molecule has 24 heavy (non-hydrogen) atoms. The third kappa shape index (κ3) is 2.75. The Bertz CT molecular complexity index is 885. The van der Waals surface area contributed by atoms with Crippen molar-refractivity contribution in [1.29, 1.82) is 0 Å². The van der Waals surface area contributed by atoms with E-state index in [1.807, 2.05) is 24.4 Å². The van der Waals surface area contributed by atoms with Gasteiger partial charge in [-0.1, -0.05) is 18.2 Å². The normalized spacial score (nSPS) is 20.2. The second-order valence-electron chi connectivity index (χ2n) is 5.99. The molecule has 1 N–H and O–H groups in total. The maximum atomic E-state index is 12.1. The molecule has 0 radical (unpaired) electrons. The molecule has 0 bridgehead atoms. The summed E-state index contributed by atoms with van der Waals surface area (Å²) in [7, 11) is -3.48. The second kappa shape index (κ2) is 5.90. The number of nitrogens with one attached hydrogen (secondary N) is 1. The Hall–Kier alpha value is -2.41. The molecule has 6 nitrogen and oxygen atoms in total. The summed E-state index contributed by atoms with van der Waals surface area (Å²) < 4.78 is 26.6. The first-order valence-electron chi connectivity index (χ1n) is 8.00. The minimum Gasteiger partial charge on any atom is -0.357 e. The Morgan fingerprint density at radius 2 is 1.92 bits per heavy atom. The smallest absolute Gasteiger partial charge is 0.263 e. The number of rotatable bonds is 3. The highest BCUT2D eigenvalue weighted by molar-refractivity contribution is 7.90. The first kappa shape index (κ1) is 15.1. The molecule has 2 aliphatic heterocycles. The van der Waals surface area contributed by atoms with Crippen LogP contribution in [-0.2, 0) is 16.6 Å². The van der Waals surface area contributed by atoms with E-state index in [1.165, 1.54) is 12.8 Å². The molecule has 2 aromatic rings. The minimum atomic E-state index is -3.48. The lowest BCUT2D eigenvalue weighted by atomic mass is 10.2. The predicted molar refractivity (Wildman–Crippen MR) is 92.7 cm³/mol. The topological polar surface area (TPSA) is 74.7 Å². The Labute approximate surface area is 141 Å². The first-order valence-corrected chi connectivity index (χ1v) is 9.48. The number of pyridine rings is 1. The van der Waals surface area contributed by atoms with Crippen molar-refractivity contribution in [3.8, 4) is 0 Å². The van der Waals surface area contributed by atoms with Crippen LogP contribution in [0.5, 0.6) is 0 Å². The summed E-state index contributed by atoms with van der Waals surface area (Å²) in [6.07, 6.45) is 4.25. The summed E-state index contributed by atoms with van der Waals surface area (Å²) in [5.74, 6) is 1.39. The Morgan fingerprint density at radius 1 is 1.12 bits per heavy atom. The van der Waals surface area contributed by atoms with Crippen LogP contribution in [0.25, 0.3) is 0 Å². The molecule has 124 valence electrons. The van der Waals surface area contributed by atoms with Crippen molar-refractivity contribution in [2.24, 2.45) is 4.99 Å². The highest BCUT2D eigenvalue weighted by Crippen LogP contribution is 2.23. The highest BCUT2D eigenvalue weighted by atomic mass is 32.2. The molecule has 0 aliphatic carbocycles. The lowest BCUT2D eigenvalue weighted by molar-refractivity contribution is 0.595. The molecule has 3 heterocycles. The van der Waals surface area contributed by atoms with Crippen LogP contribution in [0, 0.1) is 0 Å². The zero-order valence-corrected chi connectivity index (χ0v) is 14.0. The number of aliphatic imine (C=N–C) groups is 1. The van der Waals surface area contributed by atoms with Crippen LogP contribution in [0.2, 0.25) is 0 Å². The third-order valence-electron chi connectivity index (χ3n) is 4.32. The first-order chi connectivity index (χ1) is 11.6. The lowest BCUT2D eigenvalue weighted by Crippen LogP contribution is -2.22. The van der Waals surface area contributed by atoms with Crippen LogP contribution in [0.3, 0.4) is 0 Å². The Morgan fingerprint density at radius 3 is 2.67 bits per heavy atom. The third-order valence-corrected chi connectivity index (χ3v) is 5.72. The van der Waals surface area contributed by atoms with E-state index in [2.05, 4.69) is 19.6 Å². The number of anilines is 1. The number of benzene rings is 1. The van der Waals surface area contributed by atoms with Crippen molar-refractivity contribution in [2.75, 3.05) is 18.0 Å². The molecule has 1 fully saturated rings. The van der Waals surface area contributed by atoms with Crippen LogP contribution in [-0.4, -0.2) is 32.3 Å². The van der Waals surface area contributed by atoms with Gasteiger partial charge < -0.3 is 4.90 Å². The molecular weight excluding hydrogens is 324 g/mol. The van der Waals surface area contributed by atoms with Crippen molar-refractivity contribution < 1.29 is 8.42 Å². The summed E-state index contributed by atoms with van der Waals surface area (Å²) in [6.45, 7) is 2.51. The standard InChI is InChI=1S/C17H18N4O2S/c22-24(23)15-6-2-1-5-14(15)17(20-24)19-12-13-7-8-16(18-11-13)21-9-3-4-10-21/h1-2,5-8,11H,3-4,9-10,12H2,(H,19,20). The van der Waals surface area contributed by atoms with Gasteiger partial charge in [0.25, 0.3) is 10.0 Å². The van der Waals surface area contributed by atoms with Crippen molar-refractivity contribution >= 4 is 21.7 Å². The summed E-state index contributed by atoms with van der Waals surface area (Å²) in [4.78, 5) is 11.5. The average Bonchev–Trinajstić information content (AvgIpc) is 3.21. The van der Waals surface area contributed by atoms with E-state index >= 15 is 0 Å². The van der Waals surface area contributed by atoms with E-state index < -0.39 is 10.0 Å².